The fraction of sp³-hybridized carbons (Fsp3) is 0.533. The Bertz CT molecular complexity index is 475. The molecule has 0 bridgehead atoms. The number of piperidine rings is 1. The summed E-state index contributed by atoms with van der Waals surface area (Å²) < 4.78 is 14.0. The monoisotopic (exact) mass is 264 g/mol. The van der Waals surface area contributed by atoms with Crippen molar-refractivity contribution in [2.75, 3.05) is 13.1 Å². The molecule has 3 nitrogen and oxygen atoms in total. The highest BCUT2D eigenvalue weighted by Crippen LogP contribution is 2.24. The zero-order chi connectivity index (χ0) is 14.0. The second kappa shape index (κ2) is 5.70. The Morgan fingerprint density at radius 2 is 2.21 bits per heavy atom. The van der Waals surface area contributed by atoms with Crippen molar-refractivity contribution in [2.24, 2.45) is 11.7 Å². The quantitative estimate of drug-likeness (QED) is 0.891. The topological polar surface area (TPSA) is 46.3 Å². The van der Waals surface area contributed by atoms with Gasteiger partial charge in [0.2, 0.25) is 0 Å². The van der Waals surface area contributed by atoms with Crippen LogP contribution in [-0.2, 0) is 0 Å². The second-order valence-corrected chi connectivity index (χ2v) is 5.42. The molecule has 0 spiro atoms. The van der Waals surface area contributed by atoms with Crippen molar-refractivity contribution in [1.29, 1.82) is 0 Å². The van der Waals surface area contributed by atoms with Crippen molar-refractivity contribution in [3.05, 3.63) is 35.1 Å². The molecular formula is C15H21FN2O. The van der Waals surface area contributed by atoms with Crippen molar-refractivity contribution in [1.82, 2.24) is 4.90 Å². The molecule has 1 amide bonds. The largest absolute Gasteiger partial charge is 0.336 e. The minimum atomic E-state index is -0.408. The number of hydrogen-bond acceptors (Lipinski definition) is 2. The van der Waals surface area contributed by atoms with Gasteiger partial charge in [0, 0.05) is 12.6 Å². The molecule has 2 N–H and O–H groups in total. The average molecular weight is 264 g/mol. The van der Waals surface area contributed by atoms with E-state index in [9.17, 15) is 9.18 Å². The number of benzene rings is 1. The number of amides is 1. The number of carbonyl (C=O) groups is 1. The highest BCUT2D eigenvalue weighted by Gasteiger charge is 2.30. The number of nitrogens with two attached hydrogens (primary N) is 1. The SMILES string of the molecule is Cc1cccc(C(=O)N2CC(CN)CCC2C)c1F. The summed E-state index contributed by atoms with van der Waals surface area (Å²) in [6.07, 6.45) is 1.97. The van der Waals surface area contributed by atoms with Gasteiger partial charge in [-0.05, 0) is 50.8 Å². The second-order valence-electron chi connectivity index (χ2n) is 5.42. The lowest BCUT2D eigenvalue weighted by Gasteiger charge is -2.37. The van der Waals surface area contributed by atoms with Crippen LogP contribution in [0.15, 0.2) is 18.2 Å². The van der Waals surface area contributed by atoms with Crippen molar-refractivity contribution in [3.63, 3.8) is 0 Å². The number of halogens is 1. The summed E-state index contributed by atoms with van der Waals surface area (Å²) in [4.78, 5) is 14.3. The smallest absolute Gasteiger partial charge is 0.257 e. The first kappa shape index (κ1) is 14.0. The molecule has 1 aliphatic heterocycles. The number of likely N-dealkylation sites (tertiary alicyclic amines) is 1. The summed E-state index contributed by atoms with van der Waals surface area (Å²) in [6.45, 7) is 4.89. The van der Waals surface area contributed by atoms with Crippen LogP contribution in [0.5, 0.6) is 0 Å². The first-order valence-electron chi connectivity index (χ1n) is 6.80. The van der Waals surface area contributed by atoms with Crippen LogP contribution < -0.4 is 5.73 Å². The molecule has 1 heterocycles. The molecule has 1 aromatic rings. The zero-order valence-electron chi connectivity index (χ0n) is 11.5. The first-order valence-corrected chi connectivity index (χ1v) is 6.80. The minimum Gasteiger partial charge on any atom is -0.336 e. The van der Waals surface area contributed by atoms with E-state index < -0.39 is 5.82 Å². The van der Waals surface area contributed by atoms with Gasteiger partial charge < -0.3 is 10.6 Å². The molecule has 1 saturated heterocycles. The molecule has 1 aromatic carbocycles. The molecular weight excluding hydrogens is 243 g/mol. The van der Waals surface area contributed by atoms with Gasteiger partial charge in [0.25, 0.3) is 5.91 Å². The highest BCUT2D eigenvalue weighted by molar-refractivity contribution is 5.95. The molecule has 4 heteroatoms. The van der Waals surface area contributed by atoms with Crippen molar-refractivity contribution < 1.29 is 9.18 Å². The molecule has 0 radical (unpaired) electrons. The molecule has 2 atom stereocenters. The van der Waals surface area contributed by atoms with Crippen molar-refractivity contribution in [3.8, 4) is 0 Å². The molecule has 0 aromatic heterocycles. The van der Waals surface area contributed by atoms with Crippen LogP contribution in [0.2, 0.25) is 0 Å². The van der Waals surface area contributed by atoms with Gasteiger partial charge in [-0.2, -0.15) is 0 Å². The van der Waals surface area contributed by atoms with Crippen LogP contribution in [0.1, 0.15) is 35.7 Å². The summed E-state index contributed by atoms with van der Waals surface area (Å²) in [5, 5.41) is 0. The van der Waals surface area contributed by atoms with E-state index in [-0.39, 0.29) is 17.5 Å². The third kappa shape index (κ3) is 2.78. The standard InChI is InChI=1S/C15H21FN2O/c1-10-4-3-5-13(14(10)16)15(19)18-9-12(8-17)7-6-11(18)2/h3-5,11-12H,6-9,17H2,1-2H3. The molecule has 0 saturated carbocycles. The van der Waals surface area contributed by atoms with E-state index >= 15 is 0 Å². The zero-order valence-corrected chi connectivity index (χ0v) is 11.5. The Hall–Kier alpha value is -1.42. The van der Waals surface area contributed by atoms with E-state index in [2.05, 4.69) is 0 Å². The van der Waals surface area contributed by atoms with Crippen LogP contribution in [-0.4, -0.2) is 29.9 Å². The van der Waals surface area contributed by atoms with Gasteiger partial charge in [-0.25, -0.2) is 4.39 Å². The predicted molar refractivity (Wildman–Crippen MR) is 73.4 cm³/mol. The van der Waals surface area contributed by atoms with Gasteiger partial charge in [0.05, 0.1) is 5.56 Å². The third-order valence-electron chi connectivity index (χ3n) is 4.00. The molecule has 0 aliphatic carbocycles. The summed E-state index contributed by atoms with van der Waals surface area (Å²) in [5.41, 5.74) is 6.37. The number of aryl methyl sites for hydroxylation is 1. The van der Waals surface area contributed by atoms with E-state index in [0.29, 0.717) is 24.6 Å². The maximum Gasteiger partial charge on any atom is 0.257 e. The highest BCUT2D eigenvalue weighted by atomic mass is 19.1. The summed E-state index contributed by atoms with van der Waals surface area (Å²) >= 11 is 0. The fourth-order valence-corrected chi connectivity index (χ4v) is 2.62. The number of nitrogens with zero attached hydrogens (tertiary/aromatic N) is 1. The Morgan fingerprint density at radius 3 is 2.89 bits per heavy atom. The maximum absolute atomic E-state index is 14.0. The van der Waals surface area contributed by atoms with Crippen molar-refractivity contribution >= 4 is 5.91 Å². The lowest BCUT2D eigenvalue weighted by Crippen LogP contribution is -2.47. The minimum absolute atomic E-state index is 0.148. The molecule has 1 fully saturated rings. The lowest BCUT2D eigenvalue weighted by atomic mass is 9.92. The predicted octanol–water partition coefficient (Wildman–Crippen LogP) is 2.33. The van der Waals surface area contributed by atoms with Gasteiger partial charge in [0.15, 0.2) is 0 Å². The normalized spacial score (nSPS) is 23.5. The van der Waals surface area contributed by atoms with Crippen LogP contribution in [0, 0.1) is 18.7 Å². The Morgan fingerprint density at radius 1 is 1.47 bits per heavy atom. The molecule has 2 rings (SSSR count). The van der Waals surface area contributed by atoms with E-state index in [1.807, 2.05) is 6.92 Å². The number of hydrogen-bond donors (Lipinski definition) is 1. The summed E-state index contributed by atoms with van der Waals surface area (Å²) in [7, 11) is 0. The fourth-order valence-electron chi connectivity index (χ4n) is 2.62. The number of rotatable bonds is 2. The van der Waals surface area contributed by atoms with Crippen LogP contribution in [0.3, 0.4) is 0 Å². The van der Waals surface area contributed by atoms with Crippen LogP contribution >= 0.6 is 0 Å². The average Bonchev–Trinajstić information content (AvgIpc) is 2.42. The molecule has 1 aliphatic rings. The molecule has 2 unspecified atom stereocenters. The van der Waals surface area contributed by atoms with Crippen molar-refractivity contribution in [2.45, 2.75) is 32.7 Å². The Balaban J connectivity index is 2.24. The van der Waals surface area contributed by atoms with Gasteiger partial charge >= 0.3 is 0 Å². The maximum atomic E-state index is 14.0. The number of carbonyl (C=O) groups excluding carboxylic acids is 1. The van der Waals surface area contributed by atoms with E-state index in [1.165, 1.54) is 0 Å². The van der Waals surface area contributed by atoms with Gasteiger partial charge in [0.1, 0.15) is 5.82 Å². The summed E-state index contributed by atoms with van der Waals surface area (Å²) in [6, 6.07) is 5.11. The molecule has 19 heavy (non-hydrogen) atoms. The summed E-state index contributed by atoms with van der Waals surface area (Å²) in [5.74, 6) is -0.297. The van der Waals surface area contributed by atoms with E-state index in [0.717, 1.165) is 12.8 Å². The lowest BCUT2D eigenvalue weighted by molar-refractivity contribution is 0.0562. The van der Waals surface area contributed by atoms with Crippen LogP contribution in [0.4, 0.5) is 4.39 Å². The Labute approximate surface area is 113 Å². The van der Waals surface area contributed by atoms with E-state index in [4.69, 9.17) is 5.73 Å². The van der Waals surface area contributed by atoms with Crippen LogP contribution in [0.25, 0.3) is 0 Å². The molecule has 104 valence electrons. The van der Waals surface area contributed by atoms with Gasteiger partial charge in [-0.1, -0.05) is 12.1 Å². The first-order chi connectivity index (χ1) is 9.04. The van der Waals surface area contributed by atoms with Gasteiger partial charge in [-0.3, -0.25) is 4.79 Å². The van der Waals surface area contributed by atoms with Gasteiger partial charge in [-0.15, -0.1) is 0 Å². The van der Waals surface area contributed by atoms with E-state index in [1.54, 1.807) is 30.0 Å². The third-order valence-corrected chi connectivity index (χ3v) is 4.00. The Kier molecular flexibility index (Phi) is 4.20.